The highest BCUT2D eigenvalue weighted by atomic mass is 16.6. The number of benzene rings is 1. The van der Waals surface area contributed by atoms with Gasteiger partial charge < -0.3 is 31.9 Å². The minimum atomic E-state index is -0.516. The van der Waals surface area contributed by atoms with Gasteiger partial charge in [-0.15, -0.1) is 0 Å². The fraction of sp³-hybridized carbons (Fsp3) is 0.588. The minimum absolute atomic E-state index is 0.0216. The summed E-state index contributed by atoms with van der Waals surface area (Å²) in [7, 11) is 0. The molecular weight excluding hydrogens is 368 g/mol. The Labute approximate surface area is 163 Å². The summed E-state index contributed by atoms with van der Waals surface area (Å²) in [5, 5.41) is 38.4. The van der Waals surface area contributed by atoms with Crippen molar-refractivity contribution in [3.05, 3.63) is 28.3 Å². The number of carbonyl (C=O) groups is 1. The first-order chi connectivity index (χ1) is 13.4. The van der Waals surface area contributed by atoms with Crippen LogP contribution in [0.2, 0.25) is 0 Å². The lowest BCUT2D eigenvalue weighted by Gasteiger charge is -2.36. The van der Waals surface area contributed by atoms with Gasteiger partial charge >= 0.3 is 6.03 Å². The number of nitrogens with two attached hydrogens (primary N) is 1. The summed E-state index contributed by atoms with van der Waals surface area (Å²) in [6.45, 7) is 2.25. The zero-order valence-corrected chi connectivity index (χ0v) is 15.6. The maximum absolute atomic E-state index is 11.8. The van der Waals surface area contributed by atoms with Gasteiger partial charge in [-0.3, -0.25) is 15.0 Å². The number of rotatable bonds is 9. The molecule has 1 aromatic rings. The molecule has 1 fully saturated rings. The Hall–Kier alpha value is -2.63. The molecule has 0 bridgehead atoms. The van der Waals surface area contributed by atoms with E-state index in [1.807, 2.05) is 0 Å². The number of anilines is 2. The molecule has 1 aliphatic rings. The zero-order chi connectivity index (χ0) is 20.5. The van der Waals surface area contributed by atoms with Crippen LogP contribution in [-0.2, 0) is 0 Å². The van der Waals surface area contributed by atoms with E-state index in [0.29, 0.717) is 50.4 Å². The van der Waals surface area contributed by atoms with Crippen molar-refractivity contribution in [3.8, 4) is 0 Å². The maximum atomic E-state index is 11.8. The van der Waals surface area contributed by atoms with Crippen molar-refractivity contribution in [2.24, 2.45) is 0 Å². The quantitative estimate of drug-likeness (QED) is 0.143. The van der Waals surface area contributed by atoms with E-state index in [1.165, 1.54) is 12.1 Å². The second kappa shape index (κ2) is 10.6. The summed E-state index contributed by atoms with van der Waals surface area (Å²) >= 11 is 0. The Morgan fingerprint density at radius 3 is 2.79 bits per heavy atom. The van der Waals surface area contributed by atoms with Gasteiger partial charge in [-0.05, 0) is 25.0 Å². The van der Waals surface area contributed by atoms with Crippen LogP contribution in [0.3, 0.4) is 0 Å². The molecule has 1 aliphatic heterocycles. The molecule has 0 radical (unpaired) electrons. The van der Waals surface area contributed by atoms with Crippen molar-refractivity contribution in [1.29, 1.82) is 0 Å². The third-order valence-electron chi connectivity index (χ3n) is 4.65. The Morgan fingerprint density at radius 1 is 1.32 bits per heavy atom. The van der Waals surface area contributed by atoms with Gasteiger partial charge in [-0.2, -0.15) is 0 Å². The second-order valence-electron chi connectivity index (χ2n) is 6.69. The number of hydrogen-bond acceptors (Lipinski definition) is 8. The minimum Gasteiger partial charge on any atom is -0.399 e. The van der Waals surface area contributed by atoms with E-state index in [1.54, 1.807) is 6.07 Å². The number of nitro benzene ring substituents is 1. The number of nitrogens with one attached hydrogen (secondary N) is 3. The number of likely N-dealkylation sites (tertiary alicyclic amines) is 1. The van der Waals surface area contributed by atoms with E-state index in [2.05, 4.69) is 20.9 Å². The topological polar surface area (TPSA) is 166 Å². The largest absolute Gasteiger partial charge is 0.399 e. The smallest absolute Gasteiger partial charge is 0.314 e. The predicted octanol–water partition coefficient (Wildman–Crippen LogP) is -0.294. The molecule has 0 aromatic heterocycles. The van der Waals surface area contributed by atoms with Gasteiger partial charge in [0.15, 0.2) is 0 Å². The summed E-state index contributed by atoms with van der Waals surface area (Å²) in [5.74, 6) is 0. The number of amides is 2. The van der Waals surface area contributed by atoms with Crippen LogP contribution < -0.4 is 21.7 Å². The van der Waals surface area contributed by atoms with E-state index in [-0.39, 0.29) is 37.0 Å². The van der Waals surface area contributed by atoms with E-state index in [9.17, 15) is 25.1 Å². The van der Waals surface area contributed by atoms with Crippen LogP contribution in [0.4, 0.5) is 21.9 Å². The fourth-order valence-electron chi connectivity index (χ4n) is 3.16. The molecule has 2 atom stereocenters. The van der Waals surface area contributed by atoms with Crippen LogP contribution in [-0.4, -0.2) is 77.5 Å². The number of piperidine rings is 1. The van der Waals surface area contributed by atoms with Gasteiger partial charge in [0.1, 0.15) is 5.69 Å². The van der Waals surface area contributed by atoms with Crippen LogP contribution in [0.1, 0.15) is 12.8 Å². The van der Waals surface area contributed by atoms with Crippen molar-refractivity contribution < 1.29 is 19.9 Å². The predicted molar refractivity (Wildman–Crippen MR) is 105 cm³/mol. The molecule has 0 aliphatic carbocycles. The van der Waals surface area contributed by atoms with Gasteiger partial charge in [-0.25, -0.2) is 4.79 Å². The van der Waals surface area contributed by atoms with Crippen LogP contribution in [0.25, 0.3) is 0 Å². The number of aliphatic hydroxyl groups excluding tert-OH is 2. The lowest BCUT2D eigenvalue weighted by Crippen LogP contribution is -2.49. The Balaban J connectivity index is 1.65. The monoisotopic (exact) mass is 396 g/mol. The second-order valence-corrected chi connectivity index (χ2v) is 6.69. The Kier molecular flexibility index (Phi) is 8.23. The number of nitrogen functional groups attached to an aromatic ring is 1. The molecule has 1 aromatic carbocycles. The highest BCUT2D eigenvalue weighted by molar-refractivity contribution is 5.74. The Morgan fingerprint density at radius 2 is 2.07 bits per heavy atom. The average Bonchev–Trinajstić information content (AvgIpc) is 2.67. The van der Waals surface area contributed by atoms with E-state index in [4.69, 9.17) is 5.73 Å². The molecular formula is C17H28N6O5. The molecule has 0 spiro atoms. The normalized spacial score (nSPS) is 19.8. The van der Waals surface area contributed by atoms with Crippen LogP contribution in [0.15, 0.2) is 18.2 Å². The molecule has 0 saturated carbocycles. The molecule has 2 unspecified atom stereocenters. The maximum Gasteiger partial charge on any atom is 0.314 e. The van der Waals surface area contributed by atoms with Crippen LogP contribution >= 0.6 is 0 Å². The molecule has 2 rings (SSSR count). The van der Waals surface area contributed by atoms with Gasteiger partial charge in [-0.1, -0.05) is 0 Å². The number of urea groups is 1. The third-order valence-corrected chi connectivity index (χ3v) is 4.65. The highest BCUT2D eigenvalue weighted by Gasteiger charge is 2.26. The summed E-state index contributed by atoms with van der Waals surface area (Å²) in [6, 6.07) is 3.94. The molecule has 7 N–H and O–H groups in total. The SMILES string of the molecule is Nc1ccc(NCCNC(=O)NCCN2CCC(O)CC2CO)c([N+](=O)[O-])c1. The molecule has 1 saturated heterocycles. The van der Waals surface area contributed by atoms with Crippen LogP contribution in [0, 0.1) is 10.1 Å². The lowest BCUT2D eigenvalue weighted by atomic mass is 10.0. The van der Waals surface area contributed by atoms with E-state index >= 15 is 0 Å². The number of aliphatic hydroxyl groups is 2. The summed E-state index contributed by atoms with van der Waals surface area (Å²) < 4.78 is 0. The highest BCUT2D eigenvalue weighted by Crippen LogP contribution is 2.26. The third kappa shape index (κ3) is 6.51. The summed E-state index contributed by atoms with van der Waals surface area (Å²) in [4.78, 5) is 24.4. The average molecular weight is 396 g/mol. The molecule has 11 nitrogen and oxygen atoms in total. The van der Waals surface area contributed by atoms with E-state index in [0.717, 1.165) is 0 Å². The van der Waals surface area contributed by atoms with Gasteiger partial charge in [0.05, 0.1) is 17.6 Å². The number of carbonyl (C=O) groups excluding carboxylic acids is 1. The van der Waals surface area contributed by atoms with Gasteiger partial charge in [0, 0.05) is 50.5 Å². The van der Waals surface area contributed by atoms with Crippen LogP contribution in [0.5, 0.6) is 0 Å². The first kappa shape index (κ1) is 21.7. The molecule has 11 heteroatoms. The molecule has 2 amide bonds. The molecule has 1 heterocycles. The first-order valence-corrected chi connectivity index (χ1v) is 9.23. The fourth-order valence-corrected chi connectivity index (χ4v) is 3.16. The van der Waals surface area contributed by atoms with Gasteiger partial charge in [0.2, 0.25) is 0 Å². The number of nitrogens with zero attached hydrogens (tertiary/aromatic N) is 2. The number of nitro groups is 1. The van der Waals surface area contributed by atoms with Crippen molar-refractivity contribution in [1.82, 2.24) is 15.5 Å². The number of hydrogen-bond donors (Lipinski definition) is 6. The lowest BCUT2D eigenvalue weighted by molar-refractivity contribution is -0.383. The van der Waals surface area contributed by atoms with Gasteiger partial charge in [0.25, 0.3) is 5.69 Å². The van der Waals surface area contributed by atoms with Crippen molar-refractivity contribution >= 4 is 23.1 Å². The molecule has 156 valence electrons. The summed E-state index contributed by atoms with van der Waals surface area (Å²) in [6.07, 6.45) is 0.811. The standard InChI is InChI=1S/C17H28N6O5/c18-12-1-2-15(16(9-12)23(27)28)19-4-5-20-17(26)21-6-8-22-7-3-14(25)10-13(22)11-24/h1-2,9,13-14,19,24-25H,3-8,10-11,18H2,(H2,20,21,26). The Bertz CT molecular complexity index is 673. The molecule has 28 heavy (non-hydrogen) atoms. The van der Waals surface area contributed by atoms with E-state index < -0.39 is 4.92 Å². The summed E-state index contributed by atoms with van der Waals surface area (Å²) in [5.41, 5.74) is 6.08. The van der Waals surface area contributed by atoms with Crippen molar-refractivity contribution in [3.63, 3.8) is 0 Å². The zero-order valence-electron chi connectivity index (χ0n) is 15.6. The first-order valence-electron chi connectivity index (χ1n) is 9.23. The van der Waals surface area contributed by atoms with Crippen molar-refractivity contribution in [2.45, 2.75) is 25.0 Å². The van der Waals surface area contributed by atoms with Crippen molar-refractivity contribution in [2.75, 3.05) is 50.4 Å².